The van der Waals surface area contributed by atoms with Crippen LogP contribution >= 0.6 is 0 Å². The maximum Gasteiger partial charge on any atom is 0.244 e. The van der Waals surface area contributed by atoms with Gasteiger partial charge >= 0.3 is 0 Å². The largest absolute Gasteiger partial charge is 0.271 e. The number of hydrogen-bond donors (Lipinski definition) is 1. The van der Waals surface area contributed by atoms with Crippen molar-refractivity contribution in [3.05, 3.63) is 53.4 Å². The molecule has 0 aromatic carbocycles. The fourth-order valence-corrected chi connectivity index (χ4v) is 4.70. The monoisotopic (exact) mass is 386 g/mol. The fourth-order valence-electron chi connectivity index (χ4n) is 3.04. The summed E-state index contributed by atoms with van der Waals surface area (Å²) in [5, 5.41) is 4.19. The molecule has 0 fully saturated rings. The van der Waals surface area contributed by atoms with Crippen molar-refractivity contribution in [1.82, 2.24) is 29.5 Å². The molecule has 0 spiro atoms. The third-order valence-electron chi connectivity index (χ3n) is 4.47. The van der Waals surface area contributed by atoms with Gasteiger partial charge in [0.05, 0.1) is 11.4 Å². The Kier molecular flexibility index (Phi) is 5.07. The van der Waals surface area contributed by atoms with Crippen LogP contribution in [0.5, 0.6) is 0 Å². The van der Waals surface area contributed by atoms with Crippen LogP contribution in [0.25, 0.3) is 11.4 Å². The lowest BCUT2D eigenvalue weighted by Crippen LogP contribution is -2.28. The van der Waals surface area contributed by atoms with Gasteiger partial charge in [0.2, 0.25) is 10.0 Å². The topological polar surface area (TPSA) is 103 Å². The summed E-state index contributed by atoms with van der Waals surface area (Å²) in [4.78, 5) is 13.1. The summed E-state index contributed by atoms with van der Waals surface area (Å²) in [5.74, 6) is 0.577. The van der Waals surface area contributed by atoms with Crippen LogP contribution in [-0.2, 0) is 17.1 Å². The van der Waals surface area contributed by atoms with E-state index in [4.69, 9.17) is 0 Å². The van der Waals surface area contributed by atoms with Crippen LogP contribution in [0.15, 0.2) is 35.6 Å². The second kappa shape index (κ2) is 7.16. The molecule has 0 bridgehead atoms. The van der Waals surface area contributed by atoms with Crippen molar-refractivity contribution in [2.45, 2.75) is 38.6 Å². The quantitative estimate of drug-likeness (QED) is 0.721. The molecular formula is C18H22N6O2S. The molecule has 0 aliphatic heterocycles. The summed E-state index contributed by atoms with van der Waals surface area (Å²) in [7, 11) is -2.00. The van der Waals surface area contributed by atoms with Crippen molar-refractivity contribution >= 4 is 10.0 Å². The van der Waals surface area contributed by atoms with E-state index in [2.05, 4.69) is 24.8 Å². The highest BCUT2D eigenvalue weighted by Gasteiger charge is 2.26. The summed E-state index contributed by atoms with van der Waals surface area (Å²) < 4.78 is 30.0. The van der Waals surface area contributed by atoms with Crippen LogP contribution in [0, 0.1) is 20.8 Å². The zero-order valence-electron chi connectivity index (χ0n) is 15.9. The summed E-state index contributed by atoms with van der Waals surface area (Å²) in [6.45, 7) is 7.03. The van der Waals surface area contributed by atoms with E-state index in [1.807, 2.05) is 19.1 Å². The van der Waals surface area contributed by atoms with E-state index in [9.17, 15) is 8.42 Å². The summed E-state index contributed by atoms with van der Waals surface area (Å²) in [6, 6.07) is 3.17. The standard InChI is InChI=1S/C18H22N6O2S/c1-11-16(10-20-18(21-11)15-6-8-19-9-7-15)12(2)23-27(25,26)17-13(3)22-24(5)14(17)4/h6-10,12,23H,1-5H3/t12-/m0/s1. The van der Waals surface area contributed by atoms with Crippen LogP contribution < -0.4 is 4.72 Å². The molecule has 0 aliphatic carbocycles. The first kappa shape index (κ1) is 19.1. The first-order valence-corrected chi connectivity index (χ1v) is 9.95. The van der Waals surface area contributed by atoms with E-state index >= 15 is 0 Å². The van der Waals surface area contributed by atoms with E-state index in [1.54, 1.807) is 51.1 Å². The zero-order valence-corrected chi connectivity index (χ0v) is 16.7. The number of nitrogens with zero attached hydrogens (tertiary/aromatic N) is 5. The molecule has 0 unspecified atom stereocenters. The van der Waals surface area contributed by atoms with Crippen molar-refractivity contribution in [3.63, 3.8) is 0 Å². The maximum atomic E-state index is 12.9. The molecule has 8 nitrogen and oxygen atoms in total. The molecule has 3 heterocycles. The molecule has 0 saturated carbocycles. The molecule has 3 rings (SSSR count). The summed E-state index contributed by atoms with van der Waals surface area (Å²) in [5.41, 5.74) is 3.35. The van der Waals surface area contributed by atoms with E-state index in [1.165, 1.54) is 0 Å². The normalized spacial score (nSPS) is 12.9. The molecular weight excluding hydrogens is 364 g/mol. The van der Waals surface area contributed by atoms with Crippen LogP contribution in [0.2, 0.25) is 0 Å². The van der Waals surface area contributed by atoms with Gasteiger partial charge in [0.25, 0.3) is 0 Å². The smallest absolute Gasteiger partial charge is 0.244 e. The predicted octanol–water partition coefficient (Wildman–Crippen LogP) is 2.24. The average molecular weight is 386 g/mol. The maximum absolute atomic E-state index is 12.9. The van der Waals surface area contributed by atoms with Crippen molar-refractivity contribution in [3.8, 4) is 11.4 Å². The lowest BCUT2D eigenvalue weighted by molar-refractivity contribution is 0.564. The zero-order chi connectivity index (χ0) is 19.8. The van der Waals surface area contributed by atoms with E-state index in [-0.39, 0.29) is 4.90 Å². The van der Waals surface area contributed by atoms with Crippen molar-refractivity contribution < 1.29 is 8.42 Å². The highest BCUT2D eigenvalue weighted by molar-refractivity contribution is 7.89. The van der Waals surface area contributed by atoms with E-state index in [0.29, 0.717) is 22.9 Å². The van der Waals surface area contributed by atoms with Gasteiger partial charge in [0.1, 0.15) is 4.90 Å². The Bertz CT molecular complexity index is 1080. The van der Waals surface area contributed by atoms with Gasteiger partial charge in [-0.1, -0.05) is 0 Å². The molecule has 0 radical (unpaired) electrons. The van der Waals surface area contributed by atoms with E-state index in [0.717, 1.165) is 11.1 Å². The van der Waals surface area contributed by atoms with Crippen LogP contribution in [0.4, 0.5) is 0 Å². The molecule has 3 aromatic heterocycles. The van der Waals surface area contributed by atoms with Gasteiger partial charge in [-0.25, -0.2) is 23.1 Å². The van der Waals surface area contributed by atoms with Crippen molar-refractivity contribution in [1.29, 1.82) is 0 Å². The van der Waals surface area contributed by atoms with Crippen LogP contribution in [0.1, 0.15) is 35.6 Å². The molecule has 9 heteroatoms. The fraction of sp³-hybridized carbons (Fsp3) is 0.333. The number of hydrogen-bond acceptors (Lipinski definition) is 6. The Morgan fingerprint density at radius 1 is 1.11 bits per heavy atom. The molecule has 1 atom stereocenters. The van der Waals surface area contributed by atoms with Gasteiger partial charge in [-0.05, 0) is 39.8 Å². The molecule has 0 amide bonds. The number of rotatable bonds is 5. The highest BCUT2D eigenvalue weighted by atomic mass is 32.2. The minimum absolute atomic E-state index is 0.212. The number of pyridine rings is 1. The van der Waals surface area contributed by atoms with Gasteiger partial charge < -0.3 is 0 Å². The van der Waals surface area contributed by atoms with Gasteiger partial charge in [-0.3, -0.25) is 9.67 Å². The second-order valence-electron chi connectivity index (χ2n) is 6.44. The first-order valence-electron chi connectivity index (χ1n) is 8.47. The lowest BCUT2D eigenvalue weighted by Gasteiger charge is -2.16. The Morgan fingerprint density at radius 2 is 1.78 bits per heavy atom. The lowest BCUT2D eigenvalue weighted by atomic mass is 10.1. The van der Waals surface area contributed by atoms with Crippen LogP contribution in [0.3, 0.4) is 0 Å². The number of sulfonamides is 1. The van der Waals surface area contributed by atoms with Gasteiger partial charge in [-0.2, -0.15) is 5.10 Å². The minimum Gasteiger partial charge on any atom is -0.271 e. The molecule has 27 heavy (non-hydrogen) atoms. The Labute approximate surface area is 158 Å². The average Bonchev–Trinajstić information content (AvgIpc) is 2.87. The van der Waals surface area contributed by atoms with Gasteiger partial charge in [-0.15, -0.1) is 0 Å². The molecule has 1 N–H and O–H groups in total. The van der Waals surface area contributed by atoms with Crippen molar-refractivity contribution in [2.24, 2.45) is 7.05 Å². The third-order valence-corrected chi connectivity index (χ3v) is 6.26. The van der Waals surface area contributed by atoms with Crippen molar-refractivity contribution in [2.75, 3.05) is 0 Å². The third kappa shape index (κ3) is 3.74. The molecule has 3 aromatic rings. The highest BCUT2D eigenvalue weighted by Crippen LogP contribution is 2.24. The first-order chi connectivity index (χ1) is 12.7. The summed E-state index contributed by atoms with van der Waals surface area (Å²) >= 11 is 0. The SMILES string of the molecule is Cc1nc(-c2ccncc2)ncc1[C@H](C)NS(=O)(=O)c1c(C)nn(C)c1C. The van der Waals surface area contributed by atoms with Gasteiger partial charge in [0.15, 0.2) is 5.82 Å². The molecule has 0 saturated heterocycles. The van der Waals surface area contributed by atoms with E-state index < -0.39 is 16.1 Å². The Hall–Kier alpha value is -2.65. The predicted molar refractivity (Wildman–Crippen MR) is 101 cm³/mol. The molecule has 142 valence electrons. The minimum atomic E-state index is -3.72. The Morgan fingerprint density at radius 3 is 2.33 bits per heavy atom. The second-order valence-corrected chi connectivity index (χ2v) is 8.09. The van der Waals surface area contributed by atoms with Crippen LogP contribution in [-0.4, -0.2) is 33.2 Å². The number of aromatic nitrogens is 5. The number of aryl methyl sites for hydroxylation is 3. The molecule has 0 aliphatic rings. The summed E-state index contributed by atoms with van der Waals surface area (Å²) in [6.07, 6.45) is 5.02. The van der Waals surface area contributed by atoms with Gasteiger partial charge in [0, 0.05) is 48.5 Å². The Balaban J connectivity index is 1.89. The number of nitrogens with one attached hydrogen (secondary N) is 1.